The normalized spacial score (nSPS) is 28.5. The highest BCUT2D eigenvalue weighted by molar-refractivity contribution is 5.83. The number of amides is 2. The van der Waals surface area contributed by atoms with Gasteiger partial charge in [-0.05, 0) is 75.6 Å². The average Bonchev–Trinajstić information content (AvgIpc) is 4.14. The van der Waals surface area contributed by atoms with Crippen molar-refractivity contribution in [3.05, 3.63) is 79.6 Å². The van der Waals surface area contributed by atoms with E-state index in [4.69, 9.17) is 9.47 Å². The minimum absolute atomic E-state index is 0.00131. The van der Waals surface area contributed by atoms with Gasteiger partial charge in [-0.15, -0.1) is 0 Å². The van der Waals surface area contributed by atoms with Crippen LogP contribution in [-0.4, -0.2) is 92.4 Å². The van der Waals surface area contributed by atoms with Crippen molar-refractivity contribution in [2.24, 2.45) is 35.5 Å². The zero-order chi connectivity index (χ0) is 40.0. The molecule has 6 aliphatic rings. The summed E-state index contributed by atoms with van der Waals surface area (Å²) in [7, 11) is 2.63. The minimum Gasteiger partial charge on any atom is -0.469 e. The van der Waals surface area contributed by atoms with Gasteiger partial charge in [0, 0.05) is 73.5 Å². The van der Waals surface area contributed by atoms with Crippen molar-refractivity contribution in [1.82, 2.24) is 18.9 Å². The topological polar surface area (TPSA) is 178 Å². The molecule has 6 heterocycles. The lowest BCUT2D eigenvalue weighted by molar-refractivity contribution is -0.150. The fourth-order valence-corrected chi connectivity index (χ4v) is 9.70. The van der Waals surface area contributed by atoms with E-state index in [0.717, 1.165) is 25.7 Å². The first-order valence-electron chi connectivity index (χ1n) is 19.8. The molecule has 4 fully saturated rings. The van der Waals surface area contributed by atoms with Crippen molar-refractivity contribution in [2.75, 3.05) is 27.4 Å². The molecule has 2 amide bonds. The van der Waals surface area contributed by atoms with E-state index in [9.17, 15) is 39.0 Å². The first-order valence-corrected chi connectivity index (χ1v) is 19.8. The molecular weight excluding hydrogens is 720 g/mol. The molecule has 56 heavy (non-hydrogen) atoms. The second-order valence-corrected chi connectivity index (χ2v) is 16.0. The monoisotopic (exact) mass is 772 g/mol. The zero-order valence-corrected chi connectivity index (χ0v) is 32.4. The fraction of sp³-hybridized carbons (Fsp3) is 0.571. The number of hydrogen-bond acceptors (Lipinski definition) is 10. The number of methoxy groups -OCH3 is 2. The summed E-state index contributed by atoms with van der Waals surface area (Å²) >= 11 is 0. The van der Waals surface area contributed by atoms with Gasteiger partial charge < -0.3 is 38.6 Å². The third-order valence-electron chi connectivity index (χ3n) is 12.7. The van der Waals surface area contributed by atoms with E-state index in [1.807, 2.05) is 26.0 Å². The molecule has 14 nitrogen and oxygen atoms in total. The molecule has 2 saturated carbocycles. The summed E-state index contributed by atoms with van der Waals surface area (Å²) in [6, 6.07) is 5.17. The molecule has 8 rings (SSSR count). The molecule has 0 unspecified atom stereocenters. The lowest BCUT2D eigenvalue weighted by Gasteiger charge is -2.38. The quantitative estimate of drug-likeness (QED) is 0.342. The third-order valence-corrected chi connectivity index (χ3v) is 12.7. The second kappa shape index (κ2) is 16.0. The highest BCUT2D eigenvalue weighted by Crippen LogP contribution is 2.51. The number of carbonyl (C=O) groups is 4. The molecule has 300 valence electrons. The Bertz CT molecular complexity index is 1920. The van der Waals surface area contributed by atoms with E-state index in [-0.39, 0.29) is 49.2 Å². The number of carbonyl (C=O) groups excluding carboxylic acids is 4. The van der Waals surface area contributed by atoms with Crippen molar-refractivity contribution < 1.29 is 38.9 Å². The predicted molar refractivity (Wildman–Crippen MR) is 204 cm³/mol. The van der Waals surface area contributed by atoms with Crippen LogP contribution in [0, 0.1) is 35.5 Å². The van der Waals surface area contributed by atoms with Gasteiger partial charge in [-0.25, -0.2) is 0 Å². The molecule has 0 aromatic carbocycles. The SMILES string of the molecule is C/C=C/c1ccc2n(c1=O)C[C@H]1[C@H](CO)[C@@H](C(=O)OC)[C@@H]2N1C(=O)CC1CC1.C/C=C\c1ccc2n(c1=O)C[C@H]1[C@H](CO)[C@@H](C(=O)OC)[C@@H]2N1C(=O)CC1CC1. The Kier molecular flexibility index (Phi) is 11.2. The fourth-order valence-electron chi connectivity index (χ4n) is 9.70. The highest BCUT2D eigenvalue weighted by Gasteiger charge is 2.59. The van der Waals surface area contributed by atoms with E-state index in [0.29, 0.717) is 47.2 Å². The smallest absolute Gasteiger partial charge is 0.311 e. The van der Waals surface area contributed by atoms with E-state index in [2.05, 4.69) is 0 Å². The molecule has 2 N–H and O–H groups in total. The largest absolute Gasteiger partial charge is 0.469 e. The molecular formula is C42H52N4O10. The van der Waals surface area contributed by atoms with E-state index in [1.54, 1.807) is 55.4 Å². The van der Waals surface area contributed by atoms with E-state index in [1.165, 1.54) is 14.2 Å². The molecule has 0 radical (unpaired) electrons. The van der Waals surface area contributed by atoms with Gasteiger partial charge in [0.25, 0.3) is 11.1 Å². The summed E-state index contributed by atoms with van der Waals surface area (Å²) in [6.45, 7) is 3.79. The summed E-state index contributed by atoms with van der Waals surface area (Å²) in [6.07, 6.45) is 12.3. The number of aliphatic hydroxyl groups is 2. The number of aromatic nitrogens is 2. The van der Waals surface area contributed by atoms with Crippen LogP contribution < -0.4 is 11.1 Å². The number of hydrogen-bond donors (Lipinski definition) is 2. The summed E-state index contributed by atoms with van der Waals surface area (Å²) in [4.78, 5) is 80.8. The highest BCUT2D eigenvalue weighted by atomic mass is 16.5. The van der Waals surface area contributed by atoms with Crippen molar-refractivity contribution in [3.63, 3.8) is 0 Å². The Labute approximate surface area is 325 Å². The molecule has 8 atom stereocenters. The Balaban J connectivity index is 0.000000172. The van der Waals surface area contributed by atoms with Crippen LogP contribution >= 0.6 is 0 Å². The van der Waals surface area contributed by atoms with Crippen molar-refractivity contribution >= 4 is 35.9 Å². The van der Waals surface area contributed by atoms with E-state index >= 15 is 0 Å². The summed E-state index contributed by atoms with van der Waals surface area (Å²) in [5.41, 5.74) is 2.15. The van der Waals surface area contributed by atoms with Crippen LogP contribution in [0.2, 0.25) is 0 Å². The predicted octanol–water partition coefficient (Wildman–Crippen LogP) is 2.69. The van der Waals surface area contributed by atoms with Crippen molar-refractivity contribution in [3.8, 4) is 0 Å². The van der Waals surface area contributed by atoms with Gasteiger partial charge >= 0.3 is 11.9 Å². The Morgan fingerprint density at radius 3 is 1.34 bits per heavy atom. The number of rotatable bonds is 10. The molecule has 4 aliphatic heterocycles. The number of fused-ring (bicyclic) bond motifs is 8. The number of esters is 2. The summed E-state index contributed by atoms with van der Waals surface area (Å²) in [5, 5.41) is 20.1. The van der Waals surface area contributed by atoms with Gasteiger partial charge in [0.05, 0.1) is 50.2 Å². The minimum atomic E-state index is -0.677. The number of pyridine rings is 2. The number of ether oxygens (including phenoxy) is 2. The van der Waals surface area contributed by atoms with Crippen LogP contribution in [-0.2, 0) is 41.7 Å². The molecule has 2 aliphatic carbocycles. The number of aliphatic hydroxyl groups excluding tert-OH is 2. The second-order valence-electron chi connectivity index (χ2n) is 16.0. The standard InChI is InChI=1S/2C21H26N2O5/c2*1-3-4-13-7-8-15-19-18(21(27)28-2)14(11-24)16(10-22(15)20(13)26)23(19)17(25)9-12-5-6-12/h2*3-4,7-8,12,14,16,18-19,24H,5-6,9-11H2,1-2H3/b4-3+;4-3-/t2*14-,16-,18+,19+/m00/s1. The van der Waals surface area contributed by atoms with Gasteiger partial charge in [-0.1, -0.05) is 24.3 Å². The van der Waals surface area contributed by atoms with Crippen molar-refractivity contribution in [2.45, 2.75) is 89.6 Å². The Morgan fingerprint density at radius 1 is 0.661 bits per heavy atom. The Morgan fingerprint density at radius 2 is 1.04 bits per heavy atom. The third kappa shape index (κ3) is 6.84. The first-order chi connectivity index (χ1) is 27.0. The molecule has 2 aromatic heterocycles. The molecule has 2 aromatic rings. The Hall–Kier alpha value is -4.82. The first kappa shape index (κ1) is 39.4. The van der Waals surface area contributed by atoms with Crippen LogP contribution in [0.25, 0.3) is 12.2 Å². The maximum absolute atomic E-state index is 13.1. The van der Waals surface area contributed by atoms with Gasteiger partial charge in [0.1, 0.15) is 0 Å². The van der Waals surface area contributed by atoms with Gasteiger partial charge in [-0.3, -0.25) is 28.8 Å². The van der Waals surface area contributed by atoms with Crippen LogP contribution in [0.15, 0.2) is 46.0 Å². The molecule has 14 heteroatoms. The van der Waals surface area contributed by atoms with E-state index < -0.39 is 59.8 Å². The lowest BCUT2D eigenvalue weighted by atomic mass is 9.87. The maximum Gasteiger partial charge on any atom is 0.311 e. The molecule has 0 spiro atoms. The number of nitrogens with zero attached hydrogens (tertiary/aromatic N) is 4. The van der Waals surface area contributed by atoms with Gasteiger partial charge in [0.2, 0.25) is 11.8 Å². The van der Waals surface area contributed by atoms with Gasteiger partial charge in [-0.2, -0.15) is 0 Å². The number of allylic oxidation sites excluding steroid dienone is 2. The lowest BCUT2D eigenvalue weighted by Crippen LogP contribution is -2.49. The zero-order valence-electron chi connectivity index (χ0n) is 32.4. The molecule has 2 saturated heterocycles. The van der Waals surface area contributed by atoms with Gasteiger partial charge in [0.15, 0.2) is 0 Å². The van der Waals surface area contributed by atoms with Crippen LogP contribution in [0.4, 0.5) is 0 Å². The maximum atomic E-state index is 13.1. The van der Waals surface area contributed by atoms with Crippen LogP contribution in [0.5, 0.6) is 0 Å². The summed E-state index contributed by atoms with van der Waals surface area (Å²) in [5.74, 6) is -2.34. The summed E-state index contributed by atoms with van der Waals surface area (Å²) < 4.78 is 13.4. The average molecular weight is 773 g/mol. The van der Waals surface area contributed by atoms with Crippen LogP contribution in [0.1, 0.15) is 87.0 Å². The van der Waals surface area contributed by atoms with Crippen LogP contribution in [0.3, 0.4) is 0 Å². The molecule has 4 bridgehead atoms. The van der Waals surface area contributed by atoms with Crippen molar-refractivity contribution in [1.29, 1.82) is 0 Å².